The quantitative estimate of drug-likeness (QED) is 0.497. The summed E-state index contributed by atoms with van der Waals surface area (Å²) in [6.07, 6.45) is 10.4. The van der Waals surface area contributed by atoms with Crippen LogP contribution in [0.15, 0.2) is 0 Å². The van der Waals surface area contributed by atoms with Crippen LogP contribution in [0, 0.1) is 24.7 Å². The molecule has 1 unspecified atom stereocenters. The first-order valence-electron chi connectivity index (χ1n) is 4.52. The number of hydrogen-bond acceptors (Lipinski definition) is 4. The van der Waals surface area contributed by atoms with E-state index in [0.29, 0.717) is 6.42 Å². The van der Waals surface area contributed by atoms with Crippen LogP contribution in [0.5, 0.6) is 0 Å². The van der Waals surface area contributed by atoms with Crippen molar-refractivity contribution in [1.29, 1.82) is 0 Å². The van der Waals surface area contributed by atoms with Crippen molar-refractivity contribution in [2.45, 2.75) is 26.4 Å². The second-order valence-electron chi connectivity index (χ2n) is 2.73. The first-order chi connectivity index (χ1) is 7.08. The maximum atomic E-state index is 11.8. The molecule has 0 bridgehead atoms. The average Bonchev–Trinajstić information content (AvgIpc) is 2.23. The number of phosphoric acid groups is 1. The van der Waals surface area contributed by atoms with Crippen molar-refractivity contribution in [3.63, 3.8) is 0 Å². The van der Waals surface area contributed by atoms with Gasteiger partial charge in [0.15, 0.2) is 0 Å². The Balaban J connectivity index is 4.35. The van der Waals surface area contributed by atoms with E-state index < -0.39 is 7.82 Å². The minimum absolute atomic E-state index is 0.141. The molecule has 84 valence electrons. The molecule has 1 atom stereocenters. The van der Waals surface area contributed by atoms with Gasteiger partial charge in [0, 0.05) is 0 Å². The van der Waals surface area contributed by atoms with Crippen LogP contribution in [0.25, 0.3) is 0 Å². The van der Waals surface area contributed by atoms with Gasteiger partial charge in [-0.15, -0.1) is 12.8 Å². The predicted molar refractivity (Wildman–Crippen MR) is 58.0 cm³/mol. The van der Waals surface area contributed by atoms with Crippen molar-refractivity contribution in [2.75, 3.05) is 13.2 Å². The first kappa shape index (κ1) is 14.2. The van der Waals surface area contributed by atoms with Gasteiger partial charge in [0.1, 0.15) is 13.2 Å². The van der Waals surface area contributed by atoms with Gasteiger partial charge in [0.25, 0.3) is 0 Å². The van der Waals surface area contributed by atoms with E-state index in [-0.39, 0.29) is 19.3 Å². The van der Waals surface area contributed by atoms with Crippen molar-refractivity contribution in [3.8, 4) is 24.7 Å². The van der Waals surface area contributed by atoms with E-state index in [9.17, 15) is 4.57 Å². The summed E-state index contributed by atoms with van der Waals surface area (Å²) in [5.41, 5.74) is 0. The van der Waals surface area contributed by atoms with Gasteiger partial charge in [0.05, 0.1) is 6.10 Å². The molecule has 0 fully saturated rings. The summed E-state index contributed by atoms with van der Waals surface area (Å²) in [4.78, 5) is 0. The highest BCUT2D eigenvalue weighted by molar-refractivity contribution is 7.48. The lowest BCUT2D eigenvalue weighted by Crippen LogP contribution is -2.09. The van der Waals surface area contributed by atoms with Gasteiger partial charge in [-0.25, -0.2) is 4.57 Å². The highest BCUT2D eigenvalue weighted by Crippen LogP contribution is 2.50. The molecular weight excluding hydrogens is 215 g/mol. The second-order valence-corrected chi connectivity index (χ2v) is 4.35. The van der Waals surface area contributed by atoms with E-state index in [1.165, 1.54) is 0 Å². The molecule has 0 radical (unpaired) electrons. The van der Waals surface area contributed by atoms with E-state index in [2.05, 4.69) is 11.8 Å². The Bertz CT molecular complexity index is 278. The normalized spacial score (nSPS) is 12.8. The van der Waals surface area contributed by atoms with E-state index in [1.54, 1.807) is 6.92 Å². The molecule has 0 aliphatic rings. The molecule has 0 rings (SSSR count). The standard InChI is InChI=1S/C10H15O4P/c1-5-8-12-15(11,13-9-6-2)14-10(4)7-3/h1-2,10H,7-9H2,3-4H3. The van der Waals surface area contributed by atoms with E-state index in [1.807, 2.05) is 6.92 Å². The lowest BCUT2D eigenvalue weighted by Gasteiger charge is -2.19. The Kier molecular flexibility index (Phi) is 7.13. The Morgan fingerprint density at radius 3 is 2.07 bits per heavy atom. The molecule has 0 aliphatic carbocycles. The molecule has 0 N–H and O–H groups in total. The van der Waals surface area contributed by atoms with E-state index in [0.717, 1.165) is 0 Å². The number of terminal acetylenes is 2. The summed E-state index contributed by atoms with van der Waals surface area (Å²) in [6.45, 7) is 3.36. The molecule has 0 saturated carbocycles. The number of hydrogen-bond donors (Lipinski definition) is 0. The van der Waals surface area contributed by atoms with Crippen LogP contribution < -0.4 is 0 Å². The summed E-state index contributed by atoms with van der Waals surface area (Å²) >= 11 is 0. The van der Waals surface area contributed by atoms with Crippen LogP contribution >= 0.6 is 7.82 Å². The van der Waals surface area contributed by atoms with Crippen LogP contribution in [0.3, 0.4) is 0 Å². The van der Waals surface area contributed by atoms with Gasteiger partial charge in [-0.2, -0.15) is 0 Å². The summed E-state index contributed by atoms with van der Waals surface area (Å²) in [6, 6.07) is 0. The molecule has 15 heavy (non-hydrogen) atoms. The largest absolute Gasteiger partial charge is 0.476 e. The monoisotopic (exact) mass is 230 g/mol. The minimum atomic E-state index is -3.61. The summed E-state index contributed by atoms with van der Waals surface area (Å²) < 4.78 is 26.6. The highest BCUT2D eigenvalue weighted by atomic mass is 31.2. The molecule has 0 saturated heterocycles. The molecule has 0 heterocycles. The van der Waals surface area contributed by atoms with Gasteiger partial charge in [-0.05, 0) is 13.3 Å². The Morgan fingerprint density at radius 2 is 1.73 bits per heavy atom. The summed E-state index contributed by atoms with van der Waals surface area (Å²) in [5, 5.41) is 0. The fourth-order valence-electron chi connectivity index (χ4n) is 0.626. The van der Waals surface area contributed by atoms with E-state index >= 15 is 0 Å². The fraction of sp³-hybridized carbons (Fsp3) is 0.600. The van der Waals surface area contributed by atoms with Crippen LogP contribution in [-0.4, -0.2) is 19.3 Å². The van der Waals surface area contributed by atoms with Crippen LogP contribution in [0.4, 0.5) is 0 Å². The molecule has 0 amide bonds. The molecule has 5 heteroatoms. The highest BCUT2D eigenvalue weighted by Gasteiger charge is 2.28. The van der Waals surface area contributed by atoms with Crippen molar-refractivity contribution in [2.24, 2.45) is 0 Å². The van der Waals surface area contributed by atoms with E-state index in [4.69, 9.17) is 26.4 Å². The van der Waals surface area contributed by atoms with Gasteiger partial charge in [0.2, 0.25) is 0 Å². The smallest absolute Gasteiger partial charge is 0.284 e. The van der Waals surface area contributed by atoms with Crippen molar-refractivity contribution < 1.29 is 18.1 Å². The number of phosphoric ester groups is 1. The average molecular weight is 230 g/mol. The SMILES string of the molecule is C#CCOP(=O)(OCC#C)OC(C)CC. The second kappa shape index (κ2) is 7.51. The molecule has 0 aliphatic heterocycles. The third-order valence-electron chi connectivity index (χ3n) is 1.50. The lowest BCUT2D eigenvalue weighted by atomic mass is 10.3. The first-order valence-corrected chi connectivity index (χ1v) is 5.98. The minimum Gasteiger partial charge on any atom is -0.284 e. The molecule has 4 nitrogen and oxygen atoms in total. The summed E-state index contributed by atoms with van der Waals surface area (Å²) in [7, 11) is -3.61. The predicted octanol–water partition coefficient (Wildman–Crippen LogP) is 2.21. The maximum Gasteiger partial charge on any atom is 0.476 e. The van der Waals surface area contributed by atoms with Crippen molar-refractivity contribution in [3.05, 3.63) is 0 Å². The van der Waals surface area contributed by atoms with Gasteiger partial charge in [-0.1, -0.05) is 18.8 Å². The van der Waals surface area contributed by atoms with Gasteiger partial charge >= 0.3 is 7.82 Å². The molecule has 0 aromatic rings. The molecule has 0 aromatic heterocycles. The lowest BCUT2D eigenvalue weighted by molar-refractivity contribution is 0.0983. The zero-order chi connectivity index (χ0) is 11.7. The van der Waals surface area contributed by atoms with Gasteiger partial charge < -0.3 is 0 Å². The third-order valence-corrected chi connectivity index (χ3v) is 3.00. The number of rotatable bonds is 7. The third kappa shape index (κ3) is 6.33. The van der Waals surface area contributed by atoms with Crippen LogP contribution in [0.1, 0.15) is 20.3 Å². The molecule has 0 spiro atoms. The van der Waals surface area contributed by atoms with Crippen LogP contribution in [0.2, 0.25) is 0 Å². The van der Waals surface area contributed by atoms with Crippen molar-refractivity contribution in [1.82, 2.24) is 0 Å². The van der Waals surface area contributed by atoms with Gasteiger partial charge in [-0.3, -0.25) is 13.6 Å². The Morgan fingerprint density at radius 1 is 1.27 bits per heavy atom. The van der Waals surface area contributed by atoms with Crippen LogP contribution in [-0.2, 0) is 18.1 Å². The maximum absolute atomic E-state index is 11.8. The Hall–Kier alpha value is -0.770. The fourth-order valence-corrected chi connectivity index (χ4v) is 1.88. The Labute approximate surface area is 90.9 Å². The topological polar surface area (TPSA) is 44.8 Å². The molecular formula is C10H15O4P. The zero-order valence-electron chi connectivity index (χ0n) is 8.93. The summed E-state index contributed by atoms with van der Waals surface area (Å²) in [5.74, 6) is 4.37. The zero-order valence-corrected chi connectivity index (χ0v) is 9.83. The molecule has 0 aromatic carbocycles. The van der Waals surface area contributed by atoms with Crippen molar-refractivity contribution >= 4 is 7.82 Å².